The van der Waals surface area contributed by atoms with Gasteiger partial charge in [-0.1, -0.05) is 101 Å². The average molecular weight is 598 g/mol. The van der Waals surface area contributed by atoms with Crippen molar-refractivity contribution in [2.45, 2.75) is 58.9 Å². The SMILES string of the molecule is CCCc1ccc(-c2cccc(-n3c4ccccc4c4cc5c(cc43)C(C)(C)c3ccccc3-5)c2)cc1-c1cccc[n+]1CCC. The summed E-state index contributed by atoms with van der Waals surface area (Å²) in [5.41, 5.74) is 15.7. The Morgan fingerprint density at radius 3 is 2.26 bits per heavy atom. The van der Waals surface area contributed by atoms with Gasteiger partial charge in [0.05, 0.1) is 11.0 Å². The number of fused-ring (bicyclic) bond motifs is 6. The lowest BCUT2D eigenvalue weighted by Crippen LogP contribution is -2.35. The molecule has 0 unspecified atom stereocenters. The highest BCUT2D eigenvalue weighted by molar-refractivity contribution is 6.11. The minimum absolute atomic E-state index is 0.0496. The fraction of sp³-hybridized carbons (Fsp3) is 0.205. The van der Waals surface area contributed by atoms with E-state index < -0.39 is 0 Å². The zero-order chi connectivity index (χ0) is 31.4. The molecule has 46 heavy (non-hydrogen) atoms. The van der Waals surface area contributed by atoms with Crippen LogP contribution in [-0.4, -0.2) is 4.57 Å². The van der Waals surface area contributed by atoms with Crippen molar-refractivity contribution >= 4 is 21.8 Å². The zero-order valence-corrected chi connectivity index (χ0v) is 27.3. The summed E-state index contributed by atoms with van der Waals surface area (Å²) in [6.07, 6.45) is 5.53. The second kappa shape index (κ2) is 11.1. The summed E-state index contributed by atoms with van der Waals surface area (Å²) in [5, 5.41) is 2.60. The minimum atomic E-state index is -0.0496. The number of rotatable bonds is 7. The van der Waals surface area contributed by atoms with Gasteiger partial charge < -0.3 is 4.57 Å². The van der Waals surface area contributed by atoms with Gasteiger partial charge in [-0.3, -0.25) is 0 Å². The van der Waals surface area contributed by atoms with Gasteiger partial charge in [-0.15, -0.1) is 0 Å². The van der Waals surface area contributed by atoms with Gasteiger partial charge in [0.1, 0.15) is 6.54 Å². The molecule has 0 saturated heterocycles. The van der Waals surface area contributed by atoms with Crippen molar-refractivity contribution in [2.24, 2.45) is 0 Å². The van der Waals surface area contributed by atoms with Gasteiger partial charge in [-0.25, -0.2) is 0 Å². The minimum Gasteiger partial charge on any atom is -0.309 e. The number of hydrogen-bond acceptors (Lipinski definition) is 0. The van der Waals surface area contributed by atoms with Crippen LogP contribution in [-0.2, 0) is 18.4 Å². The summed E-state index contributed by atoms with van der Waals surface area (Å²) in [5.74, 6) is 0. The van der Waals surface area contributed by atoms with Crippen molar-refractivity contribution in [1.29, 1.82) is 0 Å². The number of nitrogens with zero attached hydrogens (tertiary/aromatic N) is 2. The number of benzene rings is 5. The standard InChI is InChI=1S/C44H41N2/c1-5-14-30-22-23-32(27-36(30)41-20-11-12-25-45(41)24-6-2)31-15-13-16-33(26-31)46-42-21-10-8-18-35(42)38-28-37-34-17-7-9-19-39(34)44(3,4)40(37)29-43(38)46/h7-13,15-23,25-29H,5-6,14,24H2,1-4H3/q+1. The Labute approximate surface area is 272 Å². The van der Waals surface area contributed by atoms with E-state index in [1.165, 1.54) is 77.7 Å². The monoisotopic (exact) mass is 597 g/mol. The maximum Gasteiger partial charge on any atom is 0.212 e. The Morgan fingerprint density at radius 1 is 0.587 bits per heavy atom. The lowest BCUT2D eigenvalue weighted by atomic mass is 9.82. The van der Waals surface area contributed by atoms with Gasteiger partial charge in [0, 0.05) is 46.0 Å². The van der Waals surface area contributed by atoms with Crippen LogP contribution in [0.15, 0.2) is 128 Å². The summed E-state index contributed by atoms with van der Waals surface area (Å²) in [6.45, 7) is 10.3. The fourth-order valence-electron chi connectivity index (χ4n) is 7.90. The molecule has 1 aliphatic rings. The van der Waals surface area contributed by atoms with Crippen LogP contribution in [0.5, 0.6) is 0 Å². The molecule has 0 amide bonds. The fourth-order valence-corrected chi connectivity index (χ4v) is 7.90. The number of hydrogen-bond donors (Lipinski definition) is 0. The van der Waals surface area contributed by atoms with Crippen LogP contribution in [0.25, 0.3) is 61.0 Å². The highest BCUT2D eigenvalue weighted by Gasteiger charge is 2.36. The van der Waals surface area contributed by atoms with Gasteiger partial charge >= 0.3 is 0 Å². The molecule has 0 N–H and O–H groups in total. The normalized spacial score (nSPS) is 13.3. The molecule has 0 saturated carbocycles. The predicted molar refractivity (Wildman–Crippen MR) is 194 cm³/mol. The van der Waals surface area contributed by atoms with E-state index in [0.717, 1.165) is 25.8 Å². The Bertz CT molecular complexity index is 2260. The molecule has 0 radical (unpaired) electrons. The van der Waals surface area contributed by atoms with Crippen LogP contribution >= 0.6 is 0 Å². The molecule has 7 aromatic rings. The van der Waals surface area contributed by atoms with Gasteiger partial charge in [0.15, 0.2) is 6.20 Å². The first-order valence-electron chi connectivity index (χ1n) is 16.9. The Morgan fingerprint density at radius 2 is 1.39 bits per heavy atom. The van der Waals surface area contributed by atoms with E-state index in [1.807, 2.05) is 0 Å². The largest absolute Gasteiger partial charge is 0.309 e. The van der Waals surface area contributed by atoms with Gasteiger partial charge in [-0.2, -0.15) is 4.57 Å². The van der Waals surface area contributed by atoms with Crippen LogP contribution < -0.4 is 4.57 Å². The molecule has 5 aromatic carbocycles. The maximum absolute atomic E-state index is 2.48. The molecule has 2 nitrogen and oxygen atoms in total. The van der Waals surface area contributed by atoms with Gasteiger partial charge in [-0.05, 0) is 87.8 Å². The van der Waals surface area contributed by atoms with Crippen molar-refractivity contribution in [1.82, 2.24) is 4.57 Å². The van der Waals surface area contributed by atoms with Crippen molar-refractivity contribution < 1.29 is 4.57 Å². The number of pyridine rings is 1. The molecular formula is C44H41N2+. The van der Waals surface area contributed by atoms with Crippen molar-refractivity contribution in [3.63, 3.8) is 0 Å². The molecule has 0 atom stereocenters. The molecule has 0 spiro atoms. The van der Waals surface area contributed by atoms with E-state index >= 15 is 0 Å². The third kappa shape index (κ3) is 4.42. The lowest BCUT2D eigenvalue weighted by molar-refractivity contribution is -0.686. The first-order chi connectivity index (χ1) is 22.5. The van der Waals surface area contributed by atoms with Crippen molar-refractivity contribution in [2.75, 3.05) is 0 Å². The first-order valence-corrected chi connectivity index (χ1v) is 16.9. The first kappa shape index (κ1) is 28.5. The average Bonchev–Trinajstić information content (AvgIpc) is 3.53. The smallest absolute Gasteiger partial charge is 0.212 e. The van der Waals surface area contributed by atoms with E-state index in [9.17, 15) is 0 Å². The maximum atomic E-state index is 2.48. The second-order valence-electron chi connectivity index (χ2n) is 13.4. The Balaban J connectivity index is 1.31. The van der Waals surface area contributed by atoms with E-state index in [2.05, 4.69) is 164 Å². The van der Waals surface area contributed by atoms with Crippen LogP contribution in [0.3, 0.4) is 0 Å². The quantitative estimate of drug-likeness (QED) is 0.162. The molecule has 0 fully saturated rings. The Kier molecular flexibility index (Phi) is 6.91. The van der Waals surface area contributed by atoms with E-state index in [-0.39, 0.29) is 5.41 Å². The molecule has 2 heteroatoms. The van der Waals surface area contributed by atoms with Gasteiger partial charge in [0.25, 0.3) is 0 Å². The van der Waals surface area contributed by atoms with Gasteiger partial charge in [0.2, 0.25) is 5.69 Å². The molecule has 1 aliphatic carbocycles. The summed E-state index contributed by atoms with van der Waals surface area (Å²) < 4.78 is 4.89. The number of aryl methyl sites for hydroxylation is 2. The molecule has 0 bridgehead atoms. The lowest BCUT2D eigenvalue weighted by Gasteiger charge is -2.21. The molecule has 2 aromatic heterocycles. The van der Waals surface area contributed by atoms with Crippen molar-refractivity contribution in [3.05, 3.63) is 144 Å². The highest BCUT2D eigenvalue weighted by Crippen LogP contribution is 2.51. The third-order valence-electron chi connectivity index (χ3n) is 10.1. The third-order valence-corrected chi connectivity index (χ3v) is 10.1. The zero-order valence-electron chi connectivity index (χ0n) is 27.3. The second-order valence-corrected chi connectivity index (χ2v) is 13.4. The van der Waals surface area contributed by atoms with Crippen LogP contribution in [0.2, 0.25) is 0 Å². The Hall–Kier alpha value is -4.95. The van der Waals surface area contributed by atoms with Crippen LogP contribution in [0.4, 0.5) is 0 Å². The topological polar surface area (TPSA) is 8.81 Å². The van der Waals surface area contributed by atoms with E-state index in [0.29, 0.717) is 0 Å². The molecule has 226 valence electrons. The van der Waals surface area contributed by atoms with E-state index in [4.69, 9.17) is 0 Å². The molecular weight excluding hydrogens is 556 g/mol. The highest BCUT2D eigenvalue weighted by atomic mass is 15.0. The van der Waals surface area contributed by atoms with Crippen LogP contribution in [0.1, 0.15) is 57.2 Å². The summed E-state index contributed by atoms with van der Waals surface area (Å²) in [7, 11) is 0. The van der Waals surface area contributed by atoms with E-state index in [1.54, 1.807) is 0 Å². The molecule has 0 aliphatic heterocycles. The van der Waals surface area contributed by atoms with Crippen molar-refractivity contribution in [3.8, 4) is 39.2 Å². The number of aromatic nitrogens is 2. The summed E-state index contributed by atoms with van der Waals surface area (Å²) in [6, 6.07) is 45.5. The number of para-hydroxylation sites is 1. The molecule has 2 heterocycles. The summed E-state index contributed by atoms with van der Waals surface area (Å²) in [4.78, 5) is 0. The van der Waals surface area contributed by atoms with Crippen LogP contribution in [0, 0.1) is 0 Å². The molecule has 8 rings (SSSR count). The predicted octanol–water partition coefficient (Wildman–Crippen LogP) is 11.1. The summed E-state index contributed by atoms with van der Waals surface area (Å²) >= 11 is 0.